The van der Waals surface area contributed by atoms with Crippen LogP contribution in [0.4, 0.5) is 5.82 Å². The summed E-state index contributed by atoms with van der Waals surface area (Å²) in [7, 11) is -3.13. The van der Waals surface area contributed by atoms with Crippen LogP contribution in [0.3, 0.4) is 0 Å². The number of hydrogen-bond donors (Lipinski definition) is 0. The van der Waals surface area contributed by atoms with E-state index in [4.69, 9.17) is 38.0 Å². The number of fused-ring (bicyclic) bond motifs is 1. The Hall–Kier alpha value is -2.96. The minimum atomic E-state index is -3.13. The van der Waals surface area contributed by atoms with E-state index in [0.29, 0.717) is 34.4 Å². The van der Waals surface area contributed by atoms with Crippen molar-refractivity contribution in [3.63, 3.8) is 0 Å². The van der Waals surface area contributed by atoms with Gasteiger partial charge in [-0.1, -0.05) is 37.0 Å². The number of benzene rings is 1. The summed E-state index contributed by atoms with van der Waals surface area (Å²) in [4.78, 5) is 13.4. The van der Waals surface area contributed by atoms with Gasteiger partial charge in [0.2, 0.25) is 10.0 Å². The number of pyridine rings is 2. The maximum absolute atomic E-state index is 11.8. The van der Waals surface area contributed by atoms with E-state index in [-0.39, 0.29) is 11.6 Å². The smallest absolute Gasteiger partial charge is 0.211 e. The van der Waals surface area contributed by atoms with Crippen LogP contribution in [-0.4, -0.2) is 82.9 Å². The second-order valence-corrected chi connectivity index (χ2v) is 14.7. The summed E-state index contributed by atoms with van der Waals surface area (Å²) in [5.74, 6) is 1.55. The molecule has 2 atom stereocenters. The topological polar surface area (TPSA) is 96.7 Å². The summed E-state index contributed by atoms with van der Waals surface area (Å²) in [5.41, 5.74) is 3.44. The molecule has 0 aliphatic carbocycles. The highest BCUT2D eigenvalue weighted by atomic mass is 35.5. The maximum atomic E-state index is 11.8. The number of sulfonamides is 1. The molecule has 2 aliphatic rings. The van der Waals surface area contributed by atoms with Crippen LogP contribution in [0.1, 0.15) is 45.5 Å². The van der Waals surface area contributed by atoms with Crippen molar-refractivity contribution in [3.8, 4) is 17.0 Å². The van der Waals surface area contributed by atoms with Crippen LogP contribution in [0.5, 0.6) is 5.75 Å². The number of rotatable bonds is 10. The van der Waals surface area contributed by atoms with Gasteiger partial charge in [-0.2, -0.15) is 5.10 Å². The van der Waals surface area contributed by atoms with Crippen LogP contribution in [0, 0.1) is 5.41 Å². The van der Waals surface area contributed by atoms with Crippen LogP contribution in [-0.2, 0) is 10.0 Å². The van der Waals surface area contributed by atoms with Crippen molar-refractivity contribution < 1.29 is 13.2 Å². The summed E-state index contributed by atoms with van der Waals surface area (Å²) >= 11 is 12.8. The van der Waals surface area contributed by atoms with Crippen molar-refractivity contribution in [2.45, 2.75) is 40.0 Å². The molecule has 6 rings (SSSR count). The van der Waals surface area contributed by atoms with E-state index in [0.717, 1.165) is 54.2 Å². The quantitative estimate of drug-likeness (QED) is 0.209. The first-order valence-electron chi connectivity index (χ1n) is 14.8. The van der Waals surface area contributed by atoms with Gasteiger partial charge >= 0.3 is 0 Å². The molecular formula is C31H37Cl2N7O3S. The fourth-order valence-corrected chi connectivity index (χ4v) is 8.13. The SMILES string of the molecule is CCN(CC)C(C)n1nc(-c2ccc(N3CC4(C3)CN(S(C)(=O)=O)C4)nc2)c2cc(O[C@H](C)c3c(Cl)cncc3Cl)ccc21. The van der Waals surface area contributed by atoms with Gasteiger partial charge in [0.05, 0.1) is 21.8 Å². The third kappa shape index (κ3) is 5.64. The number of ether oxygens (including phenoxy) is 1. The molecule has 10 nitrogen and oxygen atoms in total. The van der Waals surface area contributed by atoms with Crippen LogP contribution in [0.25, 0.3) is 22.2 Å². The van der Waals surface area contributed by atoms with Crippen molar-refractivity contribution in [3.05, 3.63) is 64.5 Å². The molecule has 0 radical (unpaired) electrons. The number of anilines is 1. The molecule has 0 saturated carbocycles. The first kappa shape index (κ1) is 31.0. The zero-order valence-electron chi connectivity index (χ0n) is 25.5. The monoisotopic (exact) mass is 657 g/mol. The van der Waals surface area contributed by atoms with Crippen molar-refractivity contribution in [2.75, 3.05) is 50.4 Å². The molecule has 5 heterocycles. The van der Waals surface area contributed by atoms with Gasteiger partial charge in [-0.3, -0.25) is 9.88 Å². The fourth-order valence-electron chi connectivity index (χ4n) is 6.45. The lowest BCUT2D eigenvalue weighted by Gasteiger charge is -2.59. The van der Waals surface area contributed by atoms with Gasteiger partial charge in [0.1, 0.15) is 29.5 Å². The molecule has 0 N–H and O–H groups in total. The van der Waals surface area contributed by atoms with Crippen LogP contribution in [0.2, 0.25) is 10.0 Å². The Balaban J connectivity index is 1.29. The molecule has 1 aromatic carbocycles. The lowest BCUT2D eigenvalue weighted by atomic mass is 9.74. The number of hydrogen-bond acceptors (Lipinski definition) is 8. The molecule has 4 aromatic rings. The summed E-state index contributed by atoms with van der Waals surface area (Å²) in [6.07, 6.45) is 5.91. The summed E-state index contributed by atoms with van der Waals surface area (Å²) in [6, 6.07) is 10.1. The molecule has 2 aliphatic heterocycles. The lowest BCUT2D eigenvalue weighted by molar-refractivity contribution is 0.0395. The van der Waals surface area contributed by atoms with E-state index in [1.807, 2.05) is 37.4 Å². The van der Waals surface area contributed by atoms with Gasteiger partial charge < -0.3 is 9.64 Å². The molecule has 1 spiro atoms. The van der Waals surface area contributed by atoms with Crippen molar-refractivity contribution >= 4 is 49.9 Å². The lowest BCUT2D eigenvalue weighted by Crippen LogP contribution is -2.73. The van der Waals surface area contributed by atoms with Crippen molar-refractivity contribution in [1.29, 1.82) is 0 Å². The zero-order valence-corrected chi connectivity index (χ0v) is 27.9. The molecule has 2 fully saturated rings. The van der Waals surface area contributed by atoms with Crippen LogP contribution < -0.4 is 9.64 Å². The standard InChI is InChI=1S/C31H37Cl2N7O3S/c1-6-37(7-2)21(4)40-27-10-9-23(43-20(3)29-25(32)14-34-15-26(29)33)12-24(27)30(36-40)22-8-11-28(35-13-22)38-16-31(17-38)18-39(19-31)44(5,41)42/h8-15,20-21H,6-7,16-19H2,1-5H3/t20-,21?/m1/s1. The minimum Gasteiger partial charge on any atom is -0.486 e. The molecule has 234 valence electrons. The highest BCUT2D eigenvalue weighted by Crippen LogP contribution is 2.43. The fraction of sp³-hybridized carbons (Fsp3) is 0.452. The average Bonchev–Trinajstić information content (AvgIpc) is 3.30. The van der Waals surface area contributed by atoms with E-state index in [9.17, 15) is 8.42 Å². The van der Waals surface area contributed by atoms with E-state index < -0.39 is 16.1 Å². The third-order valence-electron chi connectivity index (χ3n) is 8.87. The highest BCUT2D eigenvalue weighted by molar-refractivity contribution is 7.88. The maximum Gasteiger partial charge on any atom is 0.211 e. The predicted molar refractivity (Wildman–Crippen MR) is 175 cm³/mol. The third-order valence-corrected chi connectivity index (χ3v) is 10.7. The van der Waals surface area contributed by atoms with Crippen LogP contribution in [0.15, 0.2) is 48.9 Å². The summed E-state index contributed by atoms with van der Waals surface area (Å²) in [5, 5.41) is 6.98. The molecular weight excluding hydrogens is 621 g/mol. The van der Waals surface area contributed by atoms with Gasteiger partial charge in [0.15, 0.2) is 0 Å². The molecule has 1 unspecified atom stereocenters. The van der Waals surface area contributed by atoms with Gasteiger partial charge in [-0.15, -0.1) is 0 Å². The Morgan fingerprint density at radius 1 is 1.00 bits per heavy atom. The first-order valence-corrected chi connectivity index (χ1v) is 17.4. The van der Waals surface area contributed by atoms with Crippen molar-refractivity contribution in [1.82, 2.24) is 29.0 Å². The number of halogens is 2. The first-order chi connectivity index (χ1) is 20.9. The predicted octanol–water partition coefficient (Wildman–Crippen LogP) is 5.88. The molecule has 13 heteroatoms. The molecule has 44 heavy (non-hydrogen) atoms. The highest BCUT2D eigenvalue weighted by Gasteiger charge is 2.54. The van der Waals surface area contributed by atoms with Gasteiger partial charge in [0.25, 0.3) is 0 Å². The van der Waals surface area contributed by atoms with E-state index in [1.165, 1.54) is 6.26 Å². The Kier molecular flexibility index (Phi) is 8.30. The van der Waals surface area contributed by atoms with Gasteiger partial charge in [-0.05, 0) is 57.3 Å². The molecule has 2 saturated heterocycles. The van der Waals surface area contributed by atoms with E-state index in [2.05, 4.69) is 46.3 Å². The zero-order chi connectivity index (χ0) is 31.4. The van der Waals surface area contributed by atoms with E-state index in [1.54, 1.807) is 16.7 Å². The summed E-state index contributed by atoms with van der Waals surface area (Å²) in [6.45, 7) is 12.9. The summed E-state index contributed by atoms with van der Waals surface area (Å²) < 4.78 is 33.6. The second kappa shape index (κ2) is 11.8. The second-order valence-electron chi connectivity index (χ2n) is 11.9. The van der Waals surface area contributed by atoms with Gasteiger partial charge in [-0.25, -0.2) is 22.4 Å². The van der Waals surface area contributed by atoms with Gasteiger partial charge in [0, 0.05) is 66.7 Å². The average molecular weight is 659 g/mol. The molecule has 0 amide bonds. The minimum absolute atomic E-state index is 0.0389. The normalized spacial score (nSPS) is 18.0. The Morgan fingerprint density at radius 2 is 1.68 bits per heavy atom. The number of nitrogens with zero attached hydrogens (tertiary/aromatic N) is 7. The molecule has 3 aromatic heterocycles. The Bertz CT molecular complexity index is 1760. The molecule has 0 bridgehead atoms. The Morgan fingerprint density at radius 3 is 2.27 bits per heavy atom. The number of aromatic nitrogens is 4. The Labute approximate surface area is 268 Å². The van der Waals surface area contributed by atoms with Crippen LogP contribution >= 0.6 is 23.2 Å². The van der Waals surface area contributed by atoms with Crippen molar-refractivity contribution in [2.24, 2.45) is 5.41 Å². The van der Waals surface area contributed by atoms with E-state index >= 15 is 0 Å². The largest absolute Gasteiger partial charge is 0.486 e.